The molecule has 2 N–H and O–H groups in total. The highest BCUT2D eigenvalue weighted by Gasteiger charge is 2.27. The van der Waals surface area contributed by atoms with Crippen LogP contribution in [0.5, 0.6) is 0 Å². The summed E-state index contributed by atoms with van der Waals surface area (Å²) in [5.74, 6) is 1.70. The SMILES string of the molecule is CNc1cncc(NC2CCS(=O)(=O)C2)n1. The average Bonchev–Trinajstić information content (AvgIpc) is 2.58. The fourth-order valence-electron chi connectivity index (χ4n) is 1.67. The minimum atomic E-state index is -2.86. The first-order valence-corrected chi connectivity index (χ1v) is 6.88. The van der Waals surface area contributed by atoms with E-state index >= 15 is 0 Å². The Morgan fingerprint density at radius 1 is 1.38 bits per heavy atom. The van der Waals surface area contributed by atoms with Gasteiger partial charge in [-0.1, -0.05) is 0 Å². The number of aromatic nitrogens is 2. The number of sulfone groups is 1. The number of nitrogens with zero attached hydrogens (tertiary/aromatic N) is 2. The molecule has 0 spiro atoms. The molecule has 88 valence electrons. The normalized spacial score (nSPS) is 22.9. The molecule has 1 unspecified atom stereocenters. The summed E-state index contributed by atoms with van der Waals surface area (Å²) in [6.07, 6.45) is 3.83. The molecular formula is C9H14N4O2S. The van der Waals surface area contributed by atoms with Crippen molar-refractivity contribution in [1.82, 2.24) is 9.97 Å². The lowest BCUT2D eigenvalue weighted by Gasteiger charge is -2.11. The monoisotopic (exact) mass is 242 g/mol. The predicted octanol–water partition coefficient (Wildman–Crippen LogP) is 0.117. The van der Waals surface area contributed by atoms with E-state index in [-0.39, 0.29) is 17.5 Å². The van der Waals surface area contributed by atoms with Gasteiger partial charge in [0, 0.05) is 13.1 Å². The second kappa shape index (κ2) is 4.25. The van der Waals surface area contributed by atoms with Gasteiger partial charge in [0.05, 0.1) is 23.9 Å². The third kappa shape index (κ3) is 2.60. The standard InChI is InChI=1S/C9H14N4O2S/c1-10-8-4-11-5-9(13-8)12-7-2-3-16(14,15)6-7/h4-5,7H,2-3,6H2,1H3,(H2,10,12,13). The van der Waals surface area contributed by atoms with E-state index in [4.69, 9.17) is 0 Å². The van der Waals surface area contributed by atoms with E-state index in [0.29, 0.717) is 18.1 Å². The first kappa shape index (κ1) is 11.1. The maximum absolute atomic E-state index is 11.3. The average molecular weight is 242 g/mol. The summed E-state index contributed by atoms with van der Waals surface area (Å²) in [5.41, 5.74) is 0. The van der Waals surface area contributed by atoms with Crippen LogP contribution in [-0.4, -0.2) is 43.0 Å². The Bertz CT molecular complexity index is 474. The van der Waals surface area contributed by atoms with Gasteiger partial charge in [-0.15, -0.1) is 0 Å². The highest BCUT2D eigenvalue weighted by atomic mass is 32.2. The molecule has 1 aliphatic rings. The molecule has 1 aliphatic heterocycles. The largest absolute Gasteiger partial charge is 0.372 e. The van der Waals surface area contributed by atoms with Gasteiger partial charge in [-0.2, -0.15) is 0 Å². The Kier molecular flexibility index (Phi) is 2.95. The molecule has 1 fully saturated rings. The quantitative estimate of drug-likeness (QED) is 0.783. The summed E-state index contributed by atoms with van der Waals surface area (Å²) in [7, 11) is -1.10. The van der Waals surface area contributed by atoms with E-state index in [9.17, 15) is 8.42 Å². The van der Waals surface area contributed by atoms with Crippen molar-refractivity contribution < 1.29 is 8.42 Å². The van der Waals surface area contributed by atoms with E-state index in [1.807, 2.05) is 0 Å². The topological polar surface area (TPSA) is 84.0 Å². The Morgan fingerprint density at radius 2 is 2.12 bits per heavy atom. The highest BCUT2D eigenvalue weighted by Crippen LogP contribution is 2.16. The van der Waals surface area contributed by atoms with Crippen LogP contribution in [-0.2, 0) is 9.84 Å². The van der Waals surface area contributed by atoms with E-state index in [1.54, 1.807) is 19.4 Å². The molecule has 16 heavy (non-hydrogen) atoms. The van der Waals surface area contributed by atoms with Gasteiger partial charge in [-0.3, -0.25) is 4.98 Å². The molecule has 1 saturated heterocycles. The van der Waals surface area contributed by atoms with Gasteiger partial charge in [0.1, 0.15) is 11.6 Å². The van der Waals surface area contributed by atoms with E-state index in [2.05, 4.69) is 20.6 Å². The molecule has 1 atom stereocenters. The van der Waals surface area contributed by atoms with Crippen LogP contribution in [0.2, 0.25) is 0 Å². The number of anilines is 2. The molecule has 0 aromatic carbocycles. The van der Waals surface area contributed by atoms with Gasteiger partial charge in [0.25, 0.3) is 0 Å². The zero-order valence-electron chi connectivity index (χ0n) is 8.97. The van der Waals surface area contributed by atoms with Crippen molar-refractivity contribution in [3.05, 3.63) is 12.4 Å². The molecule has 2 heterocycles. The van der Waals surface area contributed by atoms with Crippen LogP contribution in [0.1, 0.15) is 6.42 Å². The fourth-order valence-corrected chi connectivity index (χ4v) is 3.35. The van der Waals surface area contributed by atoms with Gasteiger partial charge in [-0.05, 0) is 6.42 Å². The van der Waals surface area contributed by atoms with Crippen molar-refractivity contribution in [2.24, 2.45) is 0 Å². The van der Waals surface area contributed by atoms with Crippen LogP contribution in [0.4, 0.5) is 11.6 Å². The minimum Gasteiger partial charge on any atom is -0.372 e. The second-order valence-electron chi connectivity index (χ2n) is 3.78. The molecule has 1 aromatic heterocycles. The van der Waals surface area contributed by atoms with E-state index in [0.717, 1.165) is 0 Å². The van der Waals surface area contributed by atoms with Crippen molar-refractivity contribution in [2.75, 3.05) is 29.2 Å². The molecular weight excluding hydrogens is 228 g/mol. The second-order valence-corrected chi connectivity index (χ2v) is 6.01. The lowest BCUT2D eigenvalue weighted by molar-refractivity contribution is 0.602. The highest BCUT2D eigenvalue weighted by molar-refractivity contribution is 7.91. The fraction of sp³-hybridized carbons (Fsp3) is 0.556. The first-order valence-electron chi connectivity index (χ1n) is 5.06. The minimum absolute atomic E-state index is 0.0496. The molecule has 0 radical (unpaired) electrons. The Balaban J connectivity index is 2.04. The molecule has 1 aromatic rings. The molecule has 2 rings (SSSR count). The third-order valence-electron chi connectivity index (χ3n) is 2.48. The van der Waals surface area contributed by atoms with Crippen LogP contribution in [0.3, 0.4) is 0 Å². The molecule has 6 nitrogen and oxygen atoms in total. The molecule has 0 aliphatic carbocycles. The number of nitrogens with one attached hydrogen (secondary N) is 2. The van der Waals surface area contributed by atoms with Crippen molar-refractivity contribution in [1.29, 1.82) is 0 Å². The lowest BCUT2D eigenvalue weighted by atomic mass is 10.3. The molecule has 0 saturated carbocycles. The van der Waals surface area contributed by atoms with Crippen LogP contribution < -0.4 is 10.6 Å². The Labute approximate surface area is 94.4 Å². The lowest BCUT2D eigenvalue weighted by Crippen LogP contribution is -2.21. The summed E-state index contributed by atoms with van der Waals surface area (Å²) in [6, 6.07) is -0.0496. The van der Waals surface area contributed by atoms with Crippen LogP contribution in [0.25, 0.3) is 0 Å². The van der Waals surface area contributed by atoms with Crippen molar-refractivity contribution in [3.63, 3.8) is 0 Å². The van der Waals surface area contributed by atoms with Crippen LogP contribution in [0, 0.1) is 0 Å². The van der Waals surface area contributed by atoms with Gasteiger partial charge >= 0.3 is 0 Å². The first-order chi connectivity index (χ1) is 7.59. The van der Waals surface area contributed by atoms with Gasteiger partial charge in [-0.25, -0.2) is 13.4 Å². The number of hydrogen-bond acceptors (Lipinski definition) is 6. The molecule has 0 amide bonds. The van der Waals surface area contributed by atoms with Gasteiger partial charge in [0.2, 0.25) is 0 Å². The van der Waals surface area contributed by atoms with Gasteiger partial charge in [0.15, 0.2) is 9.84 Å². The summed E-state index contributed by atoms with van der Waals surface area (Å²) in [6.45, 7) is 0. The van der Waals surface area contributed by atoms with Crippen LogP contribution in [0.15, 0.2) is 12.4 Å². The van der Waals surface area contributed by atoms with E-state index < -0.39 is 9.84 Å². The van der Waals surface area contributed by atoms with Crippen LogP contribution >= 0.6 is 0 Å². The maximum Gasteiger partial charge on any atom is 0.152 e. The van der Waals surface area contributed by atoms with E-state index in [1.165, 1.54) is 0 Å². The van der Waals surface area contributed by atoms with Crippen molar-refractivity contribution in [2.45, 2.75) is 12.5 Å². The third-order valence-corrected chi connectivity index (χ3v) is 4.24. The summed E-state index contributed by atoms with van der Waals surface area (Å²) in [4.78, 5) is 8.22. The summed E-state index contributed by atoms with van der Waals surface area (Å²) in [5, 5.41) is 5.96. The maximum atomic E-state index is 11.3. The van der Waals surface area contributed by atoms with Crippen molar-refractivity contribution in [3.8, 4) is 0 Å². The van der Waals surface area contributed by atoms with Crippen molar-refractivity contribution >= 4 is 21.5 Å². The molecule has 0 bridgehead atoms. The smallest absolute Gasteiger partial charge is 0.152 e. The number of rotatable bonds is 3. The Hall–Kier alpha value is -1.37. The zero-order valence-corrected chi connectivity index (χ0v) is 9.79. The number of hydrogen-bond donors (Lipinski definition) is 2. The zero-order chi connectivity index (χ0) is 11.6. The summed E-state index contributed by atoms with van der Waals surface area (Å²) < 4.78 is 22.5. The summed E-state index contributed by atoms with van der Waals surface area (Å²) >= 11 is 0. The molecule has 7 heteroatoms. The van der Waals surface area contributed by atoms with Gasteiger partial charge < -0.3 is 10.6 Å². The predicted molar refractivity (Wildman–Crippen MR) is 62.3 cm³/mol. The Morgan fingerprint density at radius 3 is 2.75 bits per heavy atom.